The molecule has 0 aliphatic carbocycles. The summed E-state index contributed by atoms with van der Waals surface area (Å²) in [5.41, 5.74) is 9.24. The van der Waals surface area contributed by atoms with Crippen LogP contribution in [-0.2, 0) is 24.4 Å². The third-order valence-electron chi connectivity index (χ3n) is 2.76. The smallest absolute Gasteiger partial charge is 0.0917 e. The predicted octanol–water partition coefficient (Wildman–Crippen LogP) is 1.85. The highest BCUT2D eigenvalue weighted by Gasteiger charge is 2.04. The molecule has 0 radical (unpaired) electrons. The first-order valence-electron chi connectivity index (χ1n) is 6.55. The van der Waals surface area contributed by atoms with Crippen LogP contribution in [0, 0.1) is 0 Å². The van der Waals surface area contributed by atoms with E-state index in [-0.39, 0.29) is 0 Å². The Balaban J connectivity index is 2.69. The van der Waals surface area contributed by atoms with Crippen LogP contribution in [0.3, 0.4) is 0 Å². The lowest BCUT2D eigenvalue weighted by atomic mass is 10.0. The fourth-order valence-electron chi connectivity index (χ4n) is 1.90. The van der Waals surface area contributed by atoms with Crippen LogP contribution >= 0.6 is 0 Å². The molecule has 0 heterocycles. The zero-order valence-corrected chi connectivity index (χ0v) is 12.1. The second-order valence-electron chi connectivity index (χ2n) is 4.87. The van der Waals surface area contributed by atoms with Gasteiger partial charge >= 0.3 is 0 Å². The van der Waals surface area contributed by atoms with E-state index in [1.165, 1.54) is 5.56 Å². The zero-order chi connectivity index (χ0) is 14.3. The summed E-state index contributed by atoms with van der Waals surface area (Å²) in [6, 6.07) is 6.61. The Kier molecular flexibility index (Phi) is 6.39. The molecule has 0 spiro atoms. The van der Waals surface area contributed by atoms with Crippen molar-refractivity contribution in [3.05, 3.63) is 47.3 Å². The Morgan fingerprint density at radius 2 is 2.11 bits per heavy atom. The lowest BCUT2D eigenvalue weighted by Gasteiger charge is -2.17. The summed E-state index contributed by atoms with van der Waals surface area (Å²) in [7, 11) is 1.70. The number of benzene rings is 1. The average Bonchev–Trinajstić information content (AvgIpc) is 2.36. The SMILES string of the molecule is C=C(NCc1cc(COC)ccc1CN)NC(C)C. The Labute approximate surface area is 116 Å². The molecule has 0 saturated carbocycles. The number of ether oxygens (including phenoxy) is 1. The molecule has 0 aliphatic rings. The predicted molar refractivity (Wildman–Crippen MR) is 79.3 cm³/mol. The summed E-state index contributed by atoms with van der Waals surface area (Å²) in [4.78, 5) is 0. The van der Waals surface area contributed by atoms with Crippen molar-refractivity contribution in [3.63, 3.8) is 0 Å². The number of hydrogen-bond acceptors (Lipinski definition) is 4. The molecule has 0 aromatic heterocycles. The van der Waals surface area contributed by atoms with Crippen LogP contribution in [0.4, 0.5) is 0 Å². The van der Waals surface area contributed by atoms with Crippen LogP contribution in [0.1, 0.15) is 30.5 Å². The number of methoxy groups -OCH3 is 1. The molecule has 0 amide bonds. The van der Waals surface area contributed by atoms with Gasteiger partial charge in [0.1, 0.15) is 0 Å². The van der Waals surface area contributed by atoms with Crippen LogP contribution in [0.15, 0.2) is 30.6 Å². The minimum absolute atomic E-state index is 0.369. The minimum Gasteiger partial charge on any atom is -0.380 e. The van der Waals surface area contributed by atoms with Crippen LogP contribution in [0.5, 0.6) is 0 Å². The van der Waals surface area contributed by atoms with Gasteiger partial charge in [-0.3, -0.25) is 0 Å². The van der Waals surface area contributed by atoms with Crippen molar-refractivity contribution >= 4 is 0 Å². The van der Waals surface area contributed by atoms with Crippen molar-refractivity contribution in [3.8, 4) is 0 Å². The fourth-order valence-corrected chi connectivity index (χ4v) is 1.90. The van der Waals surface area contributed by atoms with Gasteiger partial charge in [-0.15, -0.1) is 0 Å². The van der Waals surface area contributed by atoms with E-state index in [9.17, 15) is 0 Å². The van der Waals surface area contributed by atoms with Gasteiger partial charge in [0, 0.05) is 26.2 Å². The summed E-state index contributed by atoms with van der Waals surface area (Å²) in [5.74, 6) is 0.829. The molecule has 4 nitrogen and oxygen atoms in total. The molecule has 0 bridgehead atoms. The van der Waals surface area contributed by atoms with Gasteiger partial charge in [0.05, 0.1) is 12.4 Å². The topological polar surface area (TPSA) is 59.3 Å². The summed E-state index contributed by atoms with van der Waals surface area (Å²) < 4.78 is 5.15. The van der Waals surface area contributed by atoms with Crippen LogP contribution in [0.25, 0.3) is 0 Å². The van der Waals surface area contributed by atoms with Crippen molar-refractivity contribution in [2.24, 2.45) is 5.73 Å². The minimum atomic E-state index is 0.369. The van der Waals surface area contributed by atoms with E-state index in [2.05, 4.69) is 49.3 Å². The van der Waals surface area contributed by atoms with Crippen LogP contribution in [0.2, 0.25) is 0 Å². The van der Waals surface area contributed by atoms with Crippen molar-refractivity contribution in [2.45, 2.75) is 39.6 Å². The molecule has 0 unspecified atom stereocenters. The van der Waals surface area contributed by atoms with Crippen molar-refractivity contribution < 1.29 is 4.74 Å². The van der Waals surface area contributed by atoms with E-state index in [1.54, 1.807) is 7.11 Å². The number of rotatable bonds is 8. The monoisotopic (exact) mass is 263 g/mol. The molecule has 1 aromatic rings. The second kappa shape index (κ2) is 7.81. The third-order valence-corrected chi connectivity index (χ3v) is 2.76. The van der Waals surface area contributed by atoms with E-state index in [1.807, 2.05) is 0 Å². The highest BCUT2D eigenvalue weighted by atomic mass is 16.5. The number of nitrogens with two attached hydrogens (primary N) is 1. The van der Waals surface area contributed by atoms with Crippen molar-refractivity contribution in [1.29, 1.82) is 0 Å². The molecule has 0 saturated heterocycles. The molecule has 0 aliphatic heterocycles. The molecular weight excluding hydrogens is 238 g/mol. The highest BCUT2D eigenvalue weighted by molar-refractivity contribution is 5.32. The Bertz CT molecular complexity index is 416. The van der Waals surface area contributed by atoms with Crippen molar-refractivity contribution in [1.82, 2.24) is 10.6 Å². The summed E-state index contributed by atoms with van der Waals surface area (Å²) in [6.45, 7) is 9.97. The molecular formula is C15H25N3O. The van der Waals surface area contributed by atoms with E-state index >= 15 is 0 Å². The van der Waals surface area contributed by atoms with Gasteiger partial charge in [-0.25, -0.2) is 0 Å². The molecule has 4 N–H and O–H groups in total. The van der Waals surface area contributed by atoms with Crippen molar-refractivity contribution in [2.75, 3.05) is 7.11 Å². The first kappa shape index (κ1) is 15.5. The van der Waals surface area contributed by atoms with Crippen LogP contribution in [-0.4, -0.2) is 13.2 Å². The molecule has 0 fully saturated rings. The summed E-state index contributed by atoms with van der Waals surface area (Å²) in [5, 5.41) is 6.50. The summed E-state index contributed by atoms with van der Waals surface area (Å²) in [6.07, 6.45) is 0. The maximum Gasteiger partial charge on any atom is 0.0917 e. The standard InChI is InChI=1S/C15H25N3O/c1-11(2)18-12(3)17-9-15-7-13(10-19-4)5-6-14(15)8-16/h5-7,11,17-18H,3,8-10,16H2,1-2,4H3. The Morgan fingerprint density at radius 1 is 1.37 bits per heavy atom. The quantitative estimate of drug-likeness (QED) is 0.670. The van der Waals surface area contributed by atoms with Gasteiger partial charge in [0.25, 0.3) is 0 Å². The number of nitrogens with one attached hydrogen (secondary N) is 2. The average molecular weight is 263 g/mol. The summed E-state index contributed by atoms with van der Waals surface area (Å²) >= 11 is 0. The van der Waals surface area contributed by atoms with E-state index < -0.39 is 0 Å². The Hall–Kier alpha value is -1.52. The largest absolute Gasteiger partial charge is 0.380 e. The second-order valence-corrected chi connectivity index (χ2v) is 4.87. The van der Waals surface area contributed by atoms with E-state index in [0.29, 0.717) is 25.7 Å². The molecule has 1 rings (SSSR count). The van der Waals surface area contributed by atoms with Gasteiger partial charge in [-0.05, 0) is 30.5 Å². The molecule has 4 heteroatoms. The molecule has 0 atom stereocenters. The lowest BCUT2D eigenvalue weighted by molar-refractivity contribution is 0.185. The normalized spacial score (nSPS) is 10.6. The first-order valence-corrected chi connectivity index (χ1v) is 6.55. The first-order chi connectivity index (χ1) is 9.06. The van der Waals surface area contributed by atoms with Gasteiger partial charge in [0.2, 0.25) is 0 Å². The van der Waals surface area contributed by atoms with Crippen LogP contribution < -0.4 is 16.4 Å². The molecule has 19 heavy (non-hydrogen) atoms. The van der Waals surface area contributed by atoms with E-state index in [0.717, 1.165) is 16.9 Å². The molecule has 1 aromatic carbocycles. The maximum atomic E-state index is 5.76. The molecule has 106 valence electrons. The van der Waals surface area contributed by atoms with E-state index in [4.69, 9.17) is 10.5 Å². The van der Waals surface area contributed by atoms with Gasteiger partial charge in [-0.1, -0.05) is 24.8 Å². The third kappa shape index (κ3) is 5.32. The lowest BCUT2D eigenvalue weighted by Crippen LogP contribution is -2.30. The fraction of sp³-hybridized carbons (Fsp3) is 0.467. The van der Waals surface area contributed by atoms with Gasteiger partial charge in [0.15, 0.2) is 0 Å². The zero-order valence-electron chi connectivity index (χ0n) is 12.1. The number of hydrogen-bond donors (Lipinski definition) is 3. The Morgan fingerprint density at radius 3 is 2.68 bits per heavy atom. The maximum absolute atomic E-state index is 5.76. The van der Waals surface area contributed by atoms with Gasteiger partial charge < -0.3 is 21.1 Å². The van der Waals surface area contributed by atoms with Gasteiger partial charge in [-0.2, -0.15) is 0 Å². The highest BCUT2D eigenvalue weighted by Crippen LogP contribution is 2.13.